The molecule has 1 aliphatic rings. The van der Waals surface area contributed by atoms with E-state index in [0.29, 0.717) is 17.7 Å². The Kier molecular flexibility index (Phi) is 5.25. The molecule has 122 valence electrons. The van der Waals surface area contributed by atoms with Gasteiger partial charge in [0.2, 0.25) is 0 Å². The highest BCUT2D eigenvalue weighted by atomic mass is 16.1. The van der Waals surface area contributed by atoms with Crippen LogP contribution in [0.1, 0.15) is 33.5 Å². The maximum atomic E-state index is 12.1. The van der Waals surface area contributed by atoms with Gasteiger partial charge in [-0.15, -0.1) is 0 Å². The average molecular weight is 319 g/mol. The van der Waals surface area contributed by atoms with Gasteiger partial charge in [0.15, 0.2) is 0 Å². The first-order valence-electron chi connectivity index (χ1n) is 8.34. The van der Waals surface area contributed by atoms with E-state index in [0.717, 1.165) is 32.5 Å². The molecule has 0 fully saturated rings. The molecule has 3 rings (SSSR count). The van der Waals surface area contributed by atoms with Crippen LogP contribution in [0, 0.1) is 11.3 Å². The Morgan fingerprint density at radius 2 is 1.88 bits per heavy atom. The molecule has 4 nitrogen and oxygen atoms in total. The van der Waals surface area contributed by atoms with Crippen molar-refractivity contribution < 1.29 is 4.79 Å². The van der Waals surface area contributed by atoms with Crippen molar-refractivity contribution >= 4 is 5.91 Å². The SMILES string of the molecule is N#Cc1ccc(C(=O)NCCCN2CCc3ccccc3C2)cc1. The zero-order valence-electron chi connectivity index (χ0n) is 13.7. The lowest BCUT2D eigenvalue weighted by Gasteiger charge is -2.28. The molecule has 2 aromatic rings. The van der Waals surface area contributed by atoms with Gasteiger partial charge in [-0.25, -0.2) is 0 Å². The van der Waals surface area contributed by atoms with Crippen LogP contribution in [-0.4, -0.2) is 30.4 Å². The van der Waals surface area contributed by atoms with Crippen molar-refractivity contribution in [1.29, 1.82) is 5.26 Å². The Bertz CT molecular complexity index is 746. The first-order valence-corrected chi connectivity index (χ1v) is 8.34. The topological polar surface area (TPSA) is 56.1 Å². The molecule has 0 atom stereocenters. The fourth-order valence-corrected chi connectivity index (χ4v) is 3.05. The smallest absolute Gasteiger partial charge is 0.251 e. The number of rotatable bonds is 5. The zero-order valence-corrected chi connectivity index (χ0v) is 13.7. The molecular formula is C20H21N3O. The minimum absolute atomic E-state index is 0.0801. The molecule has 0 bridgehead atoms. The summed E-state index contributed by atoms with van der Waals surface area (Å²) in [5, 5.41) is 11.7. The molecule has 0 unspecified atom stereocenters. The van der Waals surface area contributed by atoms with E-state index in [4.69, 9.17) is 5.26 Å². The van der Waals surface area contributed by atoms with Crippen LogP contribution in [0.2, 0.25) is 0 Å². The summed E-state index contributed by atoms with van der Waals surface area (Å²) in [7, 11) is 0. The van der Waals surface area contributed by atoms with Gasteiger partial charge in [0.1, 0.15) is 0 Å². The Labute approximate surface area is 142 Å². The molecule has 0 radical (unpaired) electrons. The van der Waals surface area contributed by atoms with E-state index in [2.05, 4.69) is 40.6 Å². The van der Waals surface area contributed by atoms with Crippen LogP contribution in [0.3, 0.4) is 0 Å². The van der Waals surface area contributed by atoms with Gasteiger partial charge >= 0.3 is 0 Å². The molecule has 1 aliphatic heterocycles. The van der Waals surface area contributed by atoms with Gasteiger partial charge in [-0.1, -0.05) is 24.3 Å². The molecule has 4 heteroatoms. The summed E-state index contributed by atoms with van der Waals surface area (Å²) >= 11 is 0. The summed E-state index contributed by atoms with van der Waals surface area (Å²) in [6, 6.07) is 17.4. The zero-order chi connectivity index (χ0) is 16.8. The van der Waals surface area contributed by atoms with Crippen LogP contribution in [-0.2, 0) is 13.0 Å². The summed E-state index contributed by atoms with van der Waals surface area (Å²) in [6.07, 6.45) is 2.04. The first-order chi connectivity index (χ1) is 11.8. The fraction of sp³-hybridized carbons (Fsp3) is 0.300. The van der Waals surface area contributed by atoms with Gasteiger partial charge in [-0.3, -0.25) is 9.69 Å². The maximum absolute atomic E-state index is 12.1. The number of fused-ring (bicyclic) bond motifs is 1. The number of benzene rings is 2. The van der Waals surface area contributed by atoms with E-state index in [1.54, 1.807) is 24.3 Å². The van der Waals surface area contributed by atoms with E-state index in [1.165, 1.54) is 11.1 Å². The highest BCUT2D eigenvalue weighted by Crippen LogP contribution is 2.18. The molecule has 0 saturated heterocycles. The third kappa shape index (κ3) is 4.01. The van der Waals surface area contributed by atoms with Crippen molar-refractivity contribution in [3.63, 3.8) is 0 Å². The van der Waals surface area contributed by atoms with E-state index in [9.17, 15) is 4.79 Å². The van der Waals surface area contributed by atoms with Gasteiger partial charge in [0.25, 0.3) is 5.91 Å². The van der Waals surface area contributed by atoms with Crippen LogP contribution in [0.5, 0.6) is 0 Å². The van der Waals surface area contributed by atoms with Crippen molar-refractivity contribution in [2.24, 2.45) is 0 Å². The highest BCUT2D eigenvalue weighted by Gasteiger charge is 2.15. The van der Waals surface area contributed by atoms with Gasteiger partial charge in [0, 0.05) is 31.7 Å². The molecule has 0 aliphatic carbocycles. The third-order valence-electron chi connectivity index (χ3n) is 4.42. The number of carbonyl (C=O) groups excluding carboxylic acids is 1. The van der Waals surface area contributed by atoms with Gasteiger partial charge in [-0.05, 0) is 48.2 Å². The molecule has 1 N–H and O–H groups in total. The lowest BCUT2D eigenvalue weighted by molar-refractivity contribution is 0.0951. The number of nitrogens with one attached hydrogen (secondary N) is 1. The second-order valence-electron chi connectivity index (χ2n) is 6.09. The van der Waals surface area contributed by atoms with E-state index < -0.39 is 0 Å². The standard InChI is InChI=1S/C20H21N3O/c21-14-16-6-8-18(9-7-16)20(24)22-11-3-12-23-13-10-17-4-1-2-5-19(17)15-23/h1-2,4-9H,3,10-13,15H2,(H,22,24). The van der Waals surface area contributed by atoms with Gasteiger partial charge in [-0.2, -0.15) is 5.26 Å². The fourth-order valence-electron chi connectivity index (χ4n) is 3.05. The quantitative estimate of drug-likeness (QED) is 0.862. The molecule has 1 heterocycles. The number of hydrogen-bond donors (Lipinski definition) is 1. The van der Waals surface area contributed by atoms with Crippen LogP contribution >= 0.6 is 0 Å². The van der Waals surface area contributed by atoms with Crippen molar-refractivity contribution in [2.75, 3.05) is 19.6 Å². The molecule has 2 aromatic carbocycles. The van der Waals surface area contributed by atoms with E-state index in [-0.39, 0.29) is 5.91 Å². The normalized spacial score (nSPS) is 13.8. The second-order valence-corrected chi connectivity index (χ2v) is 6.09. The largest absolute Gasteiger partial charge is 0.352 e. The van der Waals surface area contributed by atoms with Crippen LogP contribution in [0.4, 0.5) is 0 Å². The predicted octanol–water partition coefficient (Wildman–Crippen LogP) is 2.74. The monoisotopic (exact) mass is 319 g/mol. The van der Waals surface area contributed by atoms with Gasteiger partial charge < -0.3 is 5.32 Å². The van der Waals surface area contributed by atoms with E-state index in [1.807, 2.05) is 0 Å². The molecule has 0 aromatic heterocycles. The Hall–Kier alpha value is -2.64. The summed E-state index contributed by atoms with van der Waals surface area (Å²) in [5.74, 6) is -0.0801. The minimum atomic E-state index is -0.0801. The minimum Gasteiger partial charge on any atom is -0.352 e. The molecule has 0 spiro atoms. The van der Waals surface area contributed by atoms with Crippen LogP contribution in [0.15, 0.2) is 48.5 Å². The summed E-state index contributed by atoms with van der Waals surface area (Å²) in [5.41, 5.74) is 4.05. The molecular weight excluding hydrogens is 298 g/mol. The highest BCUT2D eigenvalue weighted by molar-refractivity contribution is 5.94. The van der Waals surface area contributed by atoms with Crippen molar-refractivity contribution in [3.05, 3.63) is 70.8 Å². The van der Waals surface area contributed by atoms with Crippen molar-refractivity contribution in [2.45, 2.75) is 19.4 Å². The number of carbonyl (C=O) groups is 1. The summed E-state index contributed by atoms with van der Waals surface area (Å²) in [6.45, 7) is 3.74. The van der Waals surface area contributed by atoms with Crippen molar-refractivity contribution in [1.82, 2.24) is 10.2 Å². The maximum Gasteiger partial charge on any atom is 0.251 e. The molecule has 1 amide bonds. The Morgan fingerprint density at radius 3 is 2.62 bits per heavy atom. The lowest BCUT2D eigenvalue weighted by Crippen LogP contribution is -2.33. The van der Waals surface area contributed by atoms with Gasteiger partial charge in [0.05, 0.1) is 11.6 Å². The first kappa shape index (κ1) is 16.2. The number of amides is 1. The Balaban J connectivity index is 1.41. The second kappa shape index (κ2) is 7.76. The summed E-state index contributed by atoms with van der Waals surface area (Å²) in [4.78, 5) is 14.5. The Morgan fingerprint density at radius 1 is 1.12 bits per heavy atom. The lowest BCUT2D eigenvalue weighted by atomic mass is 10.00. The predicted molar refractivity (Wildman–Crippen MR) is 93.5 cm³/mol. The average Bonchev–Trinajstić information content (AvgIpc) is 2.65. The number of nitriles is 1. The third-order valence-corrected chi connectivity index (χ3v) is 4.42. The molecule has 0 saturated carbocycles. The number of nitrogens with zero attached hydrogens (tertiary/aromatic N) is 2. The number of hydrogen-bond acceptors (Lipinski definition) is 3. The summed E-state index contributed by atoms with van der Waals surface area (Å²) < 4.78 is 0. The molecule has 24 heavy (non-hydrogen) atoms. The van der Waals surface area contributed by atoms with Crippen molar-refractivity contribution in [3.8, 4) is 6.07 Å². The van der Waals surface area contributed by atoms with Crippen LogP contribution < -0.4 is 5.32 Å². The van der Waals surface area contributed by atoms with Crippen LogP contribution in [0.25, 0.3) is 0 Å². The van der Waals surface area contributed by atoms with E-state index >= 15 is 0 Å².